The molecule has 0 heterocycles. The van der Waals surface area contributed by atoms with Crippen LogP contribution in [-0.4, -0.2) is 268 Å². The Morgan fingerprint density at radius 3 is 1.12 bits per heavy atom. The number of esters is 2. The van der Waals surface area contributed by atoms with Gasteiger partial charge in [-0.2, -0.15) is 0 Å². The van der Waals surface area contributed by atoms with Crippen molar-refractivity contribution in [3.63, 3.8) is 0 Å². The number of carbonyl (C=O) groups is 6. The van der Waals surface area contributed by atoms with Crippen molar-refractivity contribution in [1.29, 1.82) is 0 Å². The van der Waals surface area contributed by atoms with Crippen molar-refractivity contribution in [3.05, 3.63) is 0 Å². The Morgan fingerprint density at radius 2 is 0.647 bits per heavy atom. The lowest BCUT2D eigenvalue weighted by atomic mass is 9.71. The number of nitrogens with zero attached hydrogens (tertiary/aromatic N) is 8. The van der Waals surface area contributed by atoms with Crippen LogP contribution in [0.2, 0.25) is 0 Å². The minimum absolute atomic E-state index is 0.0808. The van der Waals surface area contributed by atoms with Crippen molar-refractivity contribution >= 4 is 35.4 Å². The van der Waals surface area contributed by atoms with Crippen LogP contribution in [0.5, 0.6) is 0 Å². The normalized spacial score (nSPS) is 13.7. The Bertz CT molecular complexity index is 2450. The quantitative estimate of drug-likeness (QED) is 0.0355. The van der Waals surface area contributed by atoms with E-state index in [0.29, 0.717) is 36.8 Å². The van der Waals surface area contributed by atoms with Crippen molar-refractivity contribution in [1.82, 2.24) is 24.9 Å². The van der Waals surface area contributed by atoms with Crippen LogP contribution in [0.1, 0.15) is 421 Å². The number of hydrogen-bond acceptors (Lipinski definition) is 10. The average Bonchev–Trinajstić information content (AvgIpc) is 0.866. The summed E-state index contributed by atoms with van der Waals surface area (Å²) in [6.07, 6.45) is 66.6. The Morgan fingerprint density at radius 1 is 0.303 bits per heavy atom. The largest absolute Gasteiger partial charge is 0.469 e. The summed E-state index contributed by atoms with van der Waals surface area (Å²) in [6, 6.07) is 0. The van der Waals surface area contributed by atoms with Gasteiger partial charge in [0.1, 0.15) is 5.78 Å². The van der Waals surface area contributed by atoms with Gasteiger partial charge in [-0.05, 0) is 200 Å². The fourth-order valence-electron chi connectivity index (χ4n) is 19.1. The van der Waals surface area contributed by atoms with Crippen LogP contribution in [0.15, 0.2) is 0 Å². The summed E-state index contributed by atoms with van der Waals surface area (Å²) in [7, 11) is 22.7. The van der Waals surface area contributed by atoms with E-state index in [9.17, 15) is 28.8 Å². The molecule has 704 valence electrons. The Balaban J connectivity index is 5.88. The van der Waals surface area contributed by atoms with Crippen LogP contribution in [-0.2, 0) is 38.2 Å². The molecule has 0 bridgehead atoms. The second-order valence-electron chi connectivity index (χ2n) is 40.3. The predicted octanol–water partition coefficient (Wildman–Crippen LogP) is 23.0. The standard InChI is InChI=1S/C102H206N9O8/c1-19-26-29-30-31-32-33-37-43-53-79-105(10)81-60-82-106(98(115)67-69-100(117)119-25-7)83-61-90-109(13,14)88-54-45-39-34-35-40-46-56-92-111(17,93-58-76-101(24-6,71-28-21-3)72-49-42-47-55-87-108(11,12)86-23-5)94-63-85-107(97(114)66-64-95(8)112)84-62-91-110(15,16)89-57-51-75-102(70-22-4,73-48-27-20-2)74-50-41-36-38-44-52-78-104(9)80-59-77-103-96(113)65-68-99(116)118-18/h19-94H2,1-18H3/q+3/p+1. The van der Waals surface area contributed by atoms with Crippen molar-refractivity contribution in [2.75, 3.05) is 195 Å². The number of ketones is 1. The number of Topliss-reactive ketones (excluding diaryl/α,β-unsaturated/α-hetero) is 1. The van der Waals surface area contributed by atoms with Gasteiger partial charge in [-0.3, -0.25) is 24.0 Å². The zero-order valence-corrected chi connectivity index (χ0v) is 83.1. The van der Waals surface area contributed by atoms with Crippen molar-refractivity contribution in [2.24, 2.45) is 10.8 Å². The first-order chi connectivity index (χ1) is 57.0. The van der Waals surface area contributed by atoms with E-state index in [0.717, 1.165) is 135 Å². The molecule has 0 aromatic rings. The van der Waals surface area contributed by atoms with Crippen LogP contribution in [0.3, 0.4) is 0 Å². The molecule has 0 aromatic carbocycles. The van der Waals surface area contributed by atoms with Gasteiger partial charge in [-0.1, -0.05) is 215 Å². The SMILES string of the molecule is CCCCCCCCCCCCN(C)CCCN(CCC[N+](C)(C)CCCCCCCCCC[N+](C)(CCCN(CCC[N+](C)(C)CCCCC(CCC)(CCCCC)CCCCCCCCN(C)CCCNC(=O)CCC(=O)OC)C(=O)CCC(C)=O)CCCC(CC)(CCCC)CCCCCC[N+](C)(C)CCC)C(=O)CCC(=O)OCC. The summed E-state index contributed by atoms with van der Waals surface area (Å²) in [4.78, 5) is 84.9. The number of unbranched alkanes of at least 4 members (excludes halogenated alkanes) is 28. The molecular formula is C102H207N9O8+4. The zero-order valence-electron chi connectivity index (χ0n) is 83.1. The maximum absolute atomic E-state index is 14.2. The average molecular weight is 1690 g/mol. The van der Waals surface area contributed by atoms with Gasteiger partial charge >= 0.3 is 11.9 Å². The molecule has 0 saturated heterocycles. The summed E-state index contributed by atoms with van der Waals surface area (Å²) >= 11 is 0. The summed E-state index contributed by atoms with van der Waals surface area (Å²) in [5, 5.41) is 2.93. The van der Waals surface area contributed by atoms with E-state index in [4.69, 9.17) is 4.74 Å². The van der Waals surface area contributed by atoms with E-state index in [2.05, 4.69) is 130 Å². The van der Waals surface area contributed by atoms with E-state index in [1.54, 1.807) is 6.92 Å². The van der Waals surface area contributed by atoms with E-state index >= 15 is 0 Å². The summed E-state index contributed by atoms with van der Waals surface area (Å²) in [6.45, 7) is 36.3. The lowest BCUT2D eigenvalue weighted by molar-refractivity contribution is -0.910. The van der Waals surface area contributed by atoms with Gasteiger partial charge < -0.3 is 57.1 Å². The second kappa shape index (κ2) is 73.9. The molecule has 17 heteroatoms. The highest BCUT2D eigenvalue weighted by Crippen LogP contribution is 2.42. The summed E-state index contributed by atoms with van der Waals surface area (Å²) in [5.74, 6) is -0.374. The van der Waals surface area contributed by atoms with Crippen molar-refractivity contribution < 1.29 is 56.2 Å². The number of amides is 3. The second-order valence-corrected chi connectivity index (χ2v) is 40.3. The molecule has 17 nitrogen and oxygen atoms in total. The van der Waals surface area contributed by atoms with Crippen molar-refractivity contribution in [3.8, 4) is 0 Å². The van der Waals surface area contributed by atoms with E-state index in [1.807, 2.05) is 11.8 Å². The molecule has 0 aliphatic rings. The zero-order chi connectivity index (χ0) is 88.6. The molecule has 3 amide bonds. The van der Waals surface area contributed by atoms with Gasteiger partial charge in [-0.25, -0.2) is 0 Å². The number of methoxy groups -OCH3 is 1. The first kappa shape index (κ1) is 116. The fourth-order valence-corrected chi connectivity index (χ4v) is 19.1. The van der Waals surface area contributed by atoms with E-state index < -0.39 is 0 Å². The maximum atomic E-state index is 14.2. The topological polar surface area (TPSA) is 146 Å². The first-order valence-corrected chi connectivity index (χ1v) is 51.2. The highest BCUT2D eigenvalue weighted by atomic mass is 16.5. The molecule has 0 radical (unpaired) electrons. The molecular weight excluding hydrogens is 1480 g/mol. The van der Waals surface area contributed by atoms with Gasteiger partial charge in [0.15, 0.2) is 0 Å². The van der Waals surface area contributed by atoms with E-state index in [-0.39, 0.29) is 61.1 Å². The van der Waals surface area contributed by atoms with Crippen LogP contribution in [0, 0.1) is 10.8 Å². The molecule has 0 aliphatic heterocycles. The van der Waals surface area contributed by atoms with Gasteiger partial charge in [0.05, 0.1) is 135 Å². The van der Waals surface area contributed by atoms with Crippen LogP contribution >= 0.6 is 0 Å². The van der Waals surface area contributed by atoms with Gasteiger partial charge in [0, 0.05) is 77.7 Å². The fraction of sp³-hybridized carbons (Fsp3) is 0.941. The molecule has 0 spiro atoms. The smallest absolute Gasteiger partial charge is 0.306 e. The number of hydrogen-bond donors (Lipinski definition) is 1. The van der Waals surface area contributed by atoms with Crippen LogP contribution < -0.4 is 5.32 Å². The lowest BCUT2D eigenvalue weighted by Gasteiger charge is -2.38. The molecule has 0 fully saturated rings. The highest BCUT2D eigenvalue weighted by molar-refractivity contribution is 5.84. The lowest BCUT2D eigenvalue weighted by Crippen LogP contribution is -2.48. The third-order valence-corrected chi connectivity index (χ3v) is 27.2. The number of carbonyl (C=O) groups excluding carboxylic acids is 6. The maximum Gasteiger partial charge on any atom is 0.306 e. The Kier molecular flexibility index (Phi) is 71.9. The van der Waals surface area contributed by atoms with E-state index in [1.165, 1.54) is 329 Å². The molecule has 0 aliphatic carbocycles. The third-order valence-electron chi connectivity index (χ3n) is 27.2. The molecule has 3 atom stereocenters. The Hall–Kier alpha value is -3.22. The number of rotatable bonds is 89. The predicted molar refractivity (Wildman–Crippen MR) is 509 cm³/mol. The molecule has 119 heavy (non-hydrogen) atoms. The number of ether oxygens (including phenoxy) is 2. The number of quaternary nitrogens is 4. The van der Waals surface area contributed by atoms with Crippen LogP contribution in [0.25, 0.3) is 0 Å². The van der Waals surface area contributed by atoms with Crippen molar-refractivity contribution in [2.45, 2.75) is 421 Å². The van der Waals surface area contributed by atoms with Crippen LogP contribution in [0.4, 0.5) is 0 Å². The minimum atomic E-state index is -0.347. The highest BCUT2D eigenvalue weighted by Gasteiger charge is 2.32. The monoisotopic (exact) mass is 1690 g/mol. The van der Waals surface area contributed by atoms with Gasteiger partial charge in [0.25, 0.3) is 0 Å². The summed E-state index contributed by atoms with van der Waals surface area (Å²) < 4.78 is 14.0. The molecule has 0 aromatic heterocycles. The number of nitrogens with one attached hydrogen (secondary N) is 1. The van der Waals surface area contributed by atoms with Gasteiger partial charge in [-0.15, -0.1) is 0 Å². The molecule has 0 saturated carbocycles. The Labute approximate surface area is 739 Å². The third kappa shape index (κ3) is 66.8. The molecule has 0 rings (SSSR count). The summed E-state index contributed by atoms with van der Waals surface area (Å²) in [5.41, 5.74) is 0.885. The first-order valence-electron chi connectivity index (χ1n) is 51.2. The minimum Gasteiger partial charge on any atom is -0.469 e. The molecule has 3 unspecified atom stereocenters. The van der Waals surface area contributed by atoms with Gasteiger partial charge in [0.2, 0.25) is 17.7 Å². The molecule has 1 N–H and O–H groups in total.